The summed E-state index contributed by atoms with van der Waals surface area (Å²) in [6.45, 7) is 4.64. The van der Waals surface area contributed by atoms with Gasteiger partial charge in [-0.1, -0.05) is 0 Å². The van der Waals surface area contributed by atoms with Gasteiger partial charge in [-0.15, -0.1) is 0 Å². The Morgan fingerprint density at radius 1 is 1.44 bits per heavy atom. The molecule has 0 aromatic carbocycles. The molecule has 1 N–H and O–H groups in total. The quantitative estimate of drug-likeness (QED) is 0.749. The van der Waals surface area contributed by atoms with Crippen LogP contribution in [0.4, 0.5) is 0 Å². The van der Waals surface area contributed by atoms with Crippen LogP contribution >= 0.6 is 15.9 Å². The number of nitrogens with zero attached hydrogens (tertiary/aromatic N) is 1. The first kappa shape index (κ1) is 13.8. The number of aromatic nitrogens is 1. The zero-order valence-electron chi connectivity index (χ0n) is 10.6. The second kappa shape index (κ2) is 7.07. The van der Waals surface area contributed by atoms with Crippen LogP contribution in [0.1, 0.15) is 25.3 Å². The number of ether oxygens (including phenoxy) is 2. The maximum absolute atomic E-state index is 5.65. The van der Waals surface area contributed by atoms with Gasteiger partial charge in [-0.25, -0.2) is 4.98 Å². The van der Waals surface area contributed by atoms with Crippen molar-refractivity contribution in [3.63, 3.8) is 0 Å². The molecule has 1 fully saturated rings. The van der Waals surface area contributed by atoms with E-state index in [4.69, 9.17) is 9.47 Å². The summed E-state index contributed by atoms with van der Waals surface area (Å²) in [7, 11) is 0. The SMILES string of the molecule is CCOCCOc1ncc(Br)cc1CNC1CC1. The van der Waals surface area contributed by atoms with Gasteiger partial charge >= 0.3 is 0 Å². The summed E-state index contributed by atoms with van der Waals surface area (Å²) in [5, 5.41) is 3.47. The topological polar surface area (TPSA) is 43.4 Å². The first-order valence-corrected chi connectivity index (χ1v) is 7.17. The Morgan fingerprint density at radius 3 is 3.00 bits per heavy atom. The molecule has 18 heavy (non-hydrogen) atoms. The predicted molar refractivity (Wildman–Crippen MR) is 73.8 cm³/mol. The lowest BCUT2D eigenvalue weighted by molar-refractivity contribution is 0.108. The third-order valence-corrected chi connectivity index (χ3v) is 3.15. The monoisotopic (exact) mass is 314 g/mol. The molecule has 1 aromatic rings. The van der Waals surface area contributed by atoms with E-state index in [1.54, 1.807) is 6.20 Å². The zero-order valence-corrected chi connectivity index (χ0v) is 12.2. The van der Waals surface area contributed by atoms with E-state index in [-0.39, 0.29) is 0 Å². The summed E-state index contributed by atoms with van der Waals surface area (Å²) >= 11 is 3.44. The van der Waals surface area contributed by atoms with E-state index in [9.17, 15) is 0 Å². The van der Waals surface area contributed by atoms with E-state index in [1.165, 1.54) is 12.8 Å². The molecule has 5 heteroatoms. The molecular formula is C13H19BrN2O2. The number of halogens is 1. The molecule has 0 saturated heterocycles. The normalized spacial score (nSPS) is 14.8. The van der Waals surface area contributed by atoms with Gasteiger partial charge in [0, 0.05) is 35.4 Å². The second-order valence-corrected chi connectivity index (χ2v) is 5.23. The third-order valence-electron chi connectivity index (χ3n) is 2.72. The number of pyridine rings is 1. The molecule has 1 aromatic heterocycles. The fourth-order valence-corrected chi connectivity index (χ4v) is 1.99. The molecule has 0 atom stereocenters. The highest BCUT2D eigenvalue weighted by Gasteiger charge is 2.20. The van der Waals surface area contributed by atoms with Crippen LogP contribution < -0.4 is 10.1 Å². The van der Waals surface area contributed by atoms with Crippen molar-refractivity contribution in [3.8, 4) is 5.88 Å². The van der Waals surface area contributed by atoms with Gasteiger partial charge in [0.2, 0.25) is 5.88 Å². The molecule has 0 amide bonds. The van der Waals surface area contributed by atoms with Gasteiger partial charge in [0.1, 0.15) is 6.61 Å². The Hall–Kier alpha value is -0.650. The lowest BCUT2D eigenvalue weighted by Gasteiger charge is -2.11. The molecule has 0 aliphatic heterocycles. The van der Waals surface area contributed by atoms with E-state index < -0.39 is 0 Å². The number of rotatable bonds is 8. The molecule has 0 radical (unpaired) electrons. The minimum Gasteiger partial charge on any atom is -0.475 e. The van der Waals surface area contributed by atoms with Crippen molar-refractivity contribution in [1.29, 1.82) is 0 Å². The average Bonchev–Trinajstić information content (AvgIpc) is 3.18. The molecule has 1 aliphatic carbocycles. The van der Waals surface area contributed by atoms with Crippen LogP contribution in [0.3, 0.4) is 0 Å². The molecule has 0 bridgehead atoms. The largest absolute Gasteiger partial charge is 0.475 e. The van der Waals surface area contributed by atoms with Crippen molar-refractivity contribution in [3.05, 3.63) is 22.3 Å². The second-order valence-electron chi connectivity index (χ2n) is 4.32. The molecule has 1 aliphatic rings. The fraction of sp³-hybridized carbons (Fsp3) is 0.615. The van der Waals surface area contributed by atoms with Crippen LogP contribution in [0.25, 0.3) is 0 Å². The summed E-state index contributed by atoms with van der Waals surface area (Å²) in [6, 6.07) is 2.73. The van der Waals surface area contributed by atoms with Gasteiger partial charge in [-0.05, 0) is 41.8 Å². The van der Waals surface area contributed by atoms with Gasteiger partial charge in [0.05, 0.1) is 6.61 Å². The Morgan fingerprint density at radius 2 is 2.28 bits per heavy atom. The summed E-state index contributed by atoms with van der Waals surface area (Å²) < 4.78 is 11.9. The number of nitrogens with one attached hydrogen (secondary N) is 1. The highest BCUT2D eigenvalue weighted by molar-refractivity contribution is 9.10. The molecule has 0 spiro atoms. The maximum Gasteiger partial charge on any atom is 0.217 e. The van der Waals surface area contributed by atoms with Crippen molar-refractivity contribution in [2.24, 2.45) is 0 Å². The highest BCUT2D eigenvalue weighted by atomic mass is 79.9. The summed E-state index contributed by atoms with van der Waals surface area (Å²) in [6.07, 6.45) is 4.32. The molecule has 0 unspecified atom stereocenters. The Kier molecular flexibility index (Phi) is 5.41. The Labute approximate surface area is 116 Å². The molecule has 1 saturated carbocycles. The Balaban J connectivity index is 1.88. The van der Waals surface area contributed by atoms with E-state index in [0.29, 0.717) is 31.7 Å². The van der Waals surface area contributed by atoms with Crippen LogP contribution in [-0.2, 0) is 11.3 Å². The minimum atomic E-state index is 0.541. The standard InChI is InChI=1S/C13H19BrN2O2/c1-2-17-5-6-18-13-10(7-11(14)9-16-13)8-15-12-3-4-12/h7,9,12,15H,2-6,8H2,1H3. The average molecular weight is 315 g/mol. The molecule has 2 rings (SSSR count). The lowest BCUT2D eigenvalue weighted by atomic mass is 10.2. The Bertz CT molecular complexity index is 383. The zero-order chi connectivity index (χ0) is 12.8. The summed E-state index contributed by atoms with van der Waals surface area (Å²) in [5.41, 5.74) is 1.09. The van der Waals surface area contributed by atoms with Gasteiger partial charge in [0.15, 0.2) is 0 Å². The van der Waals surface area contributed by atoms with Crippen LogP contribution in [0.15, 0.2) is 16.7 Å². The van der Waals surface area contributed by atoms with Gasteiger partial charge < -0.3 is 14.8 Å². The first-order valence-electron chi connectivity index (χ1n) is 6.38. The lowest BCUT2D eigenvalue weighted by Crippen LogP contribution is -2.17. The third kappa shape index (κ3) is 4.55. The van der Waals surface area contributed by atoms with Crippen molar-refractivity contribution >= 4 is 15.9 Å². The van der Waals surface area contributed by atoms with Crippen LogP contribution in [-0.4, -0.2) is 30.8 Å². The van der Waals surface area contributed by atoms with Crippen molar-refractivity contribution in [2.45, 2.75) is 32.4 Å². The first-order chi connectivity index (χ1) is 8.79. The maximum atomic E-state index is 5.65. The molecule has 100 valence electrons. The van der Waals surface area contributed by atoms with E-state index >= 15 is 0 Å². The molecular weight excluding hydrogens is 296 g/mol. The van der Waals surface area contributed by atoms with E-state index in [0.717, 1.165) is 16.6 Å². The minimum absolute atomic E-state index is 0.541. The number of hydrogen-bond acceptors (Lipinski definition) is 4. The highest BCUT2D eigenvalue weighted by Crippen LogP contribution is 2.23. The van der Waals surface area contributed by atoms with Gasteiger partial charge in [-0.3, -0.25) is 0 Å². The molecule has 1 heterocycles. The van der Waals surface area contributed by atoms with Gasteiger partial charge in [0.25, 0.3) is 0 Å². The van der Waals surface area contributed by atoms with Crippen molar-refractivity contribution in [2.75, 3.05) is 19.8 Å². The van der Waals surface area contributed by atoms with Gasteiger partial charge in [-0.2, -0.15) is 0 Å². The fourth-order valence-electron chi connectivity index (χ4n) is 1.61. The smallest absolute Gasteiger partial charge is 0.217 e. The van der Waals surface area contributed by atoms with E-state index in [2.05, 4.69) is 32.3 Å². The summed E-state index contributed by atoms with van der Waals surface area (Å²) in [5.74, 6) is 0.700. The van der Waals surface area contributed by atoms with Crippen LogP contribution in [0, 0.1) is 0 Å². The van der Waals surface area contributed by atoms with Crippen molar-refractivity contribution < 1.29 is 9.47 Å². The molecule has 4 nitrogen and oxygen atoms in total. The van der Waals surface area contributed by atoms with Crippen molar-refractivity contribution in [1.82, 2.24) is 10.3 Å². The van der Waals surface area contributed by atoms with E-state index in [1.807, 2.05) is 6.92 Å². The predicted octanol–water partition coefficient (Wildman–Crippen LogP) is 2.51. The summed E-state index contributed by atoms with van der Waals surface area (Å²) in [4.78, 5) is 4.31. The van der Waals surface area contributed by atoms with Crippen LogP contribution in [0.2, 0.25) is 0 Å². The number of hydrogen-bond donors (Lipinski definition) is 1. The van der Waals surface area contributed by atoms with Crippen LogP contribution in [0.5, 0.6) is 5.88 Å².